The molecule has 3 nitrogen and oxygen atoms in total. The maximum atomic E-state index is 12.9. The third-order valence-corrected chi connectivity index (χ3v) is 6.71. The summed E-state index contributed by atoms with van der Waals surface area (Å²) in [6.07, 6.45) is 5.04. The molecule has 1 amide bonds. The highest BCUT2D eigenvalue weighted by atomic mass is 19.4. The van der Waals surface area contributed by atoms with Gasteiger partial charge in [-0.25, -0.2) is 0 Å². The molecule has 1 saturated heterocycles. The fourth-order valence-corrected chi connectivity index (χ4v) is 5.38. The van der Waals surface area contributed by atoms with Crippen molar-refractivity contribution in [2.24, 2.45) is 17.8 Å². The van der Waals surface area contributed by atoms with Crippen molar-refractivity contribution < 1.29 is 18.0 Å². The second-order valence-electron chi connectivity index (χ2n) is 8.47. The van der Waals surface area contributed by atoms with E-state index >= 15 is 0 Å². The number of likely N-dealkylation sites (tertiary alicyclic amines) is 1. The lowest BCUT2D eigenvalue weighted by Gasteiger charge is -2.48. The molecule has 2 aliphatic carbocycles. The minimum absolute atomic E-state index is 0.130. The molecular weight excluding hydrogens is 341 g/mol. The van der Waals surface area contributed by atoms with Crippen molar-refractivity contribution in [1.29, 1.82) is 0 Å². The van der Waals surface area contributed by atoms with Crippen molar-refractivity contribution in [3.63, 3.8) is 0 Å². The predicted octanol–water partition coefficient (Wildman–Crippen LogP) is 4.29. The molecule has 3 rings (SSSR count). The van der Waals surface area contributed by atoms with Crippen LogP contribution in [0.1, 0.15) is 57.8 Å². The summed E-state index contributed by atoms with van der Waals surface area (Å²) in [7, 11) is 0. The molecule has 1 heterocycles. The molecule has 3 unspecified atom stereocenters. The summed E-state index contributed by atoms with van der Waals surface area (Å²) in [5.74, 6) is -0.291. The van der Waals surface area contributed by atoms with E-state index in [0.717, 1.165) is 19.5 Å². The van der Waals surface area contributed by atoms with Gasteiger partial charge in [0, 0.05) is 25.2 Å². The number of nitrogens with zero attached hydrogens (tertiary/aromatic N) is 1. The monoisotopic (exact) mass is 372 g/mol. The maximum Gasteiger partial charge on any atom is 0.391 e. The number of hydrogen-bond donors (Lipinski definition) is 1. The average Bonchev–Trinajstić information content (AvgIpc) is 2.61. The number of alkyl halides is 3. The van der Waals surface area contributed by atoms with Crippen molar-refractivity contribution in [3.8, 4) is 0 Å². The Labute approximate surface area is 154 Å². The van der Waals surface area contributed by atoms with Gasteiger partial charge in [-0.05, 0) is 62.9 Å². The molecule has 2 saturated carbocycles. The van der Waals surface area contributed by atoms with Crippen molar-refractivity contribution in [3.05, 3.63) is 12.7 Å². The first-order valence-electron chi connectivity index (χ1n) is 10.1. The average molecular weight is 372 g/mol. The zero-order valence-corrected chi connectivity index (χ0v) is 15.4. The molecule has 3 fully saturated rings. The molecule has 6 heteroatoms. The van der Waals surface area contributed by atoms with Crippen LogP contribution in [0.4, 0.5) is 13.2 Å². The number of piperidine rings is 1. The summed E-state index contributed by atoms with van der Waals surface area (Å²) >= 11 is 0. The first-order valence-corrected chi connectivity index (χ1v) is 10.1. The summed E-state index contributed by atoms with van der Waals surface area (Å²) in [6, 6.07) is 0.673. The Balaban J connectivity index is 1.59. The van der Waals surface area contributed by atoms with Gasteiger partial charge >= 0.3 is 6.18 Å². The first-order chi connectivity index (χ1) is 12.4. The van der Waals surface area contributed by atoms with Crippen LogP contribution >= 0.6 is 0 Å². The van der Waals surface area contributed by atoms with Crippen LogP contribution in [0, 0.1) is 17.8 Å². The molecule has 1 aliphatic heterocycles. The fraction of sp³-hybridized carbons (Fsp3) is 0.850. The second-order valence-corrected chi connectivity index (χ2v) is 8.47. The zero-order chi connectivity index (χ0) is 18.7. The van der Waals surface area contributed by atoms with E-state index in [4.69, 9.17) is 0 Å². The largest absolute Gasteiger partial charge is 0.391 e. The van der Waals surface area contributed by atoms with Crippen LogP contribution in [-0.2, 0) is 4.79 Å². The Bertz CT molecular complexity index is 500. The molecule has 1 N–H and O–H groups in total. The van der Waals surface area contributed by atoms with Gasteiger partial charge in [-0.3, -0.25) is 9.69 Å². The van der Waals surface area contributed by atoms with Crippen LogP contribution in [0.3, 0.4) is 0 Å². The number of amides is 1. The van der Waals surface area contributed by atoms with Crippen molar-refractivity contribution in [2.75, 3.05) is 13.1 Å². The van der Waals surface area contributed by atoms with Gasteiger partial charge in [0.15, 0.2) is 0 Å². The number of hydrogen-bond acceptors (Lipinski definition) is 2. The molecule has 3 aliphatic rings. The third kappa shape index (κ3) is 4.81. The van der Waals surface area contributed by atoms with E-state index in [1.54, 1.807) is 0 Å². The molecular formula is C20H31F3N2O. The summed E-state index contributed by atoms with van der Waals surface area (Å²) in [4.78, 5) is 14.2. The number of carbonyl (C=O) groups is 1. The lowest BCUT2D eigenvalue weighted by Crippen LogP contribution is -2.57. The second kappa shape index (κ2) is 8.32. The number of rotatable bonds is 4. The van der Waals surface area contributed by atoms with E-state index in [9.17, 15) is 18.0 Å². The summed E-state index contributed by atoms with van der Waals surface area (Å²) in [6.45, 7) is 5.23. The Morgan fingerprint density at radius 2 is 1.81 bits per heavy atom. The fourth-order valence-electron chi connectivity index (χ4n) is 5.38. The molecule has 148 valence electrons. The number of halogens is 3. The van der Waals surface area contributed by atoms with Gasteiger partial charge in [-0.1, -0.05) is 19.4 Å². The smallest absolute Gasteiger partial charge is 0.349 e. The van der Waals surface area contributed by atoms with Gasteiger partial charge in [0.25, 0.3) is 0 Å². The van der Waals surface area contributed by atoms with Crippen molar-refractivity contribution >= 4 is 5.91 Å². The molecule has 0 spiro atoms. The quantitative estimate of drug-likeness (QED) is 0.747. The molecule has 0 radical (unpaired) electrons. The number of carbonyl (C=O) groups excluding carboxylic acids is 1. The highest BCUT2D eigenvalue weighted by Crippen LogP contribution is 2.41. The molecule has 0 aromatic rings. The minimum Gasteiger partial charge on any atom is -0.349 e. The summed E-state index contributed by atoms with van der Waals surface area (Å²) in [5.41, 5.74) is 0. The van der Waals surface area contributed by atoms with Gasteiger partial charge in [-0.15, -0.1) is 0 Å². The van der Waals surface area contributed by atoms with E-state index in [-0.39, 0.29) is 24.8 Å². The van der Waals surface area contributed by atoms with Gasteiger partial charge < -0.3 is 5.32 Å². The van der Waals surface area contributed by atoms with Crippen LogP contribution in [0.25, 0.3) is 0 Å². The van der Waals surface area contributed by atoms with Crippen LogP contribution in [0.15, 0.2) is 12.7 Å². The summed E-state index contributed by atoms with van der Waals surface area (Å²) < 4.78 is 38.7. The molecule has 0 aromatic heterocycles. The maximum absolute atomic E-state index is 12.9. The highest BCUT2D eigenvalue weighted by molar-refractivity contribution is 5.87. The van der Waals surface area contributed by atoms with Gasteiger partial charge in [0.2, 0.25) is 5.91 Å². The SMILES string of the molecule is C=CC(=O)NC1CC2CCCCC2N(CC2CCC(C(F)(F)F)CC2)C1. The van der Waals surface area contributed by atoms with E-state index in [1.165, 1.54) is 31.8 Å². The Morgan fingerprint density at radius 1 is 1.12 bits per heavy atom. The molecule has 26 heavy (non-hydrogen) atoms. The van der Waals surface area contributed by atoms with Crippen LogP contribution < -0.4 is 5.32 Å². The molecule has 0 aromatic carbocycles. The lowest BCUT2D eigenvalue weighted by molar-refractivity contribution is -0.184. The van der Waals surface area contributed by atoms with Crippen LogP contribution in [-0.4, -0.2) is 42.2 Å². The topological polar surface area (TPSA) is 32.3 Å². The van der Waals surface area contributed by atoms with E-state index in [2.05, 4.69) is 16.8 Å². The normalized spacial score (nSPS) is 36.2. The Kier molecular flexibility index (Phi) is 6.31. The van der Waals surface area contributed by atoms with Gasteiger partial charge in [0.05, 0.1) is 5.92 Å². The first kappa shape index (κ1) is 19.7. The number of nitrogens with one attached hydrogen (secondary N) is 1. The Hall–Kier alpha value is -1.04. The molecule has 3 atom stereocenters. The highest BCUT2D eigenvalue weighted by Gasteiger charge is 2.43. The van der Waals surface area contributed by atoms with E-state index < -0.39 is 12.1 Å². The van der Waals surface area contributed by atoms with Gasteiger partial charge in [-0.2, -0.15) is 13.2 Å². The molecule has 0 bridgehead atoms. The van der Waals surface area contributed by atoms with E-state index in [0.29, 0.717) is 30.7 Å². The van der Waals surface area contributed by atoms with Crippen molar-refractivity contribution in [2.45, 2.75) is 76.0 Å². The Morgan fingerprint density at radius 3 is 2.46 bits per heavy atom. The zero-order valence-electron chi connectivity index (χ0n) is 15.4. The standard InChI is InChI=1S/C20H31F3N2O/c1-2-19(26)24-17-11-15-5-3-4-6-18(15)25(13-17)12-14-7-9-16(10-8-14)20(21,22)23/h2,14-18H,1,3-13H2,(H,24,26). The number of fused-ring (bicyclic) bond motifs is 1. The van der Waals surface area contributed by atoms with Crippen LogP contribution in [0.2, 0.25) is 0 Å². The minimum atomic E-state index is -4.04. The third-order valence-electron chi connectivity index (χ3n) is 6.71. The van der Waals surface area contributed by atoms with Crippen LogP contribution in [0.5, 0.6) is 0 Å². The lowest BCUT2D eigenvalue weighted by atomic mass is 9.75. The predicted molar refractivity (Wildman–Crippen MR) is 95.6 cm³/mol. The summed E-state index contributed by atoms with van der Waals surface area (Å²) in [5, 5.41) is 3.05. The van der Waals surface area contributed by atoms with E-state index in [1.807, 2.05) is 0 Å². The van der Waals surface area contributed by atoms with Crippen molar-refractivity contribution in [1.82, 2.24) is 10.2 Å². The van der Waals surface area contributed by atoms with Gasteiger partial charge in [0.1, 0.15) is 0 Å².